The van der Waals surface area contributed by atoms with Crippen LogP contribution in [0.25, 0.3) is 0 Å². The summed E-state index contributed by atoms with van der Waals surface area (Å²) in [5, 5.41) is 0. The standard InChI is InChI=1S/C18H21NO2/c1-11-6-12(2)8-13(7-11)17-10-16(19)15-5-4-14(20-3)9-18(15)21-17/h4-9,16-17H,10,19H2,1-3H3. The predicted octanol–water partition coefficient (Wildman–Crippen LogP) is 3.84. The van der Waals surface area contributed by atoms with E-state index in [9.17, 15) is 0 Å². The highest BCUT2D eigenvalue weighted by molar-refractivity contribution is 5.45. The molecule has 0 aliphatic carbocycles. The van der Waals surface area contributed by atoms with Crippen molar-refractivity contribution >= 4 is 0 Å². The van der Waals surface area contributed by atoms with E-state index in [0.29, 0.717) is 0 Å². The molecule has 1 aliphatic heterocycles. The molecule has 0 saturated carbocycles. The number of rotatable bonds is 2. The number of methoxy groups -OCH3 is 1. The van der Waals surface area contributed by atoms with Gasteiger partial charge in [-0.05, 0) is 25.5 Å². The number of fused-ring (bicyclic) bond motifs is 1. The highest BCUT2D eigenvalue weighted by Crippen LogP contribution is 2.41. The van der Waals surface area contributed by atoms with Gasteiger partial charge in [-0.25, -0.2) is 0 Å². The minimum Gasteiger partial charge on any atom is -0.497 e. The zero-order chi connectivity index (χ0) is 15.0. The Morgan fingerprint density at radius 1 is 1.10 bits per heavy atom. The fourth-order valence-corrected chi connectivity index (χ4v) is 3.01. The van der Waals surface area contributed by atoms with Gasteiger partial charge < -0.3 is 15.2 Å². The molecule has 3 rings (SSSR count). The van der Waals surface area contributed by atoms with Gasteiger partial charge in [0.1, 0.15) is 17.6 Å². The Morgan fingerprint density at radius 2 is 1.81 bits per heavy atom. The van der Waals surface area contributed by atoms with Gasteiger partial charge in [-0.15, -0.1) is 0 Å². The van der Waals surface area contributed by atoms with Gasteiger partial charge >= 0.3 is 0 Å². The highest BCUT2D eigenvalue weighted by Gasteiger charge is 2.27. The lowest BCUT2D eigenvalue weighted by molar-refractivity contribution is 0.160. The van der Waals surface area contributed by atoms with Crippen LogP contribution in [0.3, 0.4) is 0 Å². The third kappa shape index (κ3) is 2.74. The Balaban J connectivity index is 1.96. The van der Waals surface area contributed by atoms with Crippen LogP contribution in [-0.2, 0) is 0 Å². The molecule has 0 spiro atoms. The number of aryl methyl sites for hydroxylation is 2. The van der Waals surface area contributed by atoms with E-state index < -0.39 is 0 Å². The molecule has 3 heteroatoms. The molecule has 21 heavy (non-hydrogen) atoms. The Kier molecular flexibility index (Phi) is 3.60. The van der Waals surface area contributed by atoms with Crippen LogP contribution in [0.1, 0.15) is 40.8 Å². The third-order valence-corrected chi connectivity index (χ3v) is 3.97. The summed E-state index contributed by atoms with van der Waals surface area (Å²) in [5.41, 5.74) is 11.1. The van der Waals surface area contributed by atoms with Crippen molar-refractivity contribution in [3.63, 3.8) is 0 Å². The van der Waals surface area contributed by atoms with Crippen LogP contribution < -0.4 is 15.2 Å². The third-order valence-electron chi connectivity index (χ3n) is 3.97. The number of hydrogen-bond acceptors (Lipinski definition) is 3. The maximum absolute atomic E-state index is 6.32. The lowest BCUT2D eigenvalue weighted by atomic mass is 9.92. The molecular formula is C18H21NO2. The molecule has 110 valence electrons. The van der Waals surface area contributed by atoms with Gasteiger partial charge in [0.05, 0.1) is 7.11 Å². The normalized spacial score (nSPS) is 20.6. The second-order valence-electron chi connectivity index (χ2n) is 5.77. The van der Waals surface area contributed by atoms with Crippen molar-refractivity contribution in [2.24, 2.45) is 5.73 Å². The van der Waals surface area contributed by atoms with Gasteiger partial charge in [-0.2, -0.15) is 0 Å². The molecule has 0 fully saturated rings. The summed E-state index contributed by atoms with van der Waals surface area (Å²) in [4.78, 5) is 0. The summed E-state index contributed by atoms with van der Waals surface area (Å²) in [7, 11) is 1.66. The van der Waals surface area contributed by atoms with Crippen LogP contribution in [0.15, 0.2) is 36.4 Å². The molecule has 0 bridgehead atoms. The van der Waals surface area contributed by atoms with Gasteiger partial charge in [0.2, 0.25) is 0 Å². The minimum absolute atomic E-state index is 0.00166. The smallest absolute Gasteiger partial charge is 0.128 e. The first-order valence-corrected chi connectivity index (χ1v) is 7.25. The number of benzene rings is 2. The summed E-state index contributed by atoms with van der Waals surface area (Å²) < 4.78 is 11.5. The second-order valence-corrected chi connectivity index (χ2v) is 5.77. The van der Waals surface area contributed by atoms with Crippen molar-refractivity contribution in [1.82, 2.24) is 0 Å². The van der Waals surface area contributed by atoms with Crippen molar-refractivity contribution in [3.8, 4) is 11.5 Å². The highest BCUT2D eigenvalue weighted by atomic mass is 16.5. The Hall–Kier alpha value is -2.00. The van der Waals surface area contributed by atoms with E-state index in [0.717, 1.165) is 23.5 Å². The molecule has 0 aromatic heterocycles. The van der Waals surface area contributed by atoms with Gasteiger partial charge in [0.15, 0.2) is 0 Å². The van der Waals surface area contributed by atoms with Crippen molar-refractivity contribution < 1.29 is 9.47 Å². The lowest BCUT2D eigenvalue weighted by Crippen LogP contribution is -2.24. The molecule has 2 aromatic carbocycles. The van der Waals surface area contributed by atoms with Gasteiger partial charge in [0, 0.05) is 24.1 Å². The van der Waals surface area contributed by atoms with Gasteiger partial charge in [-0.3, -0.25) is 0 Å². The Labute approximate surface area is 125 Å². The summed E-state index contributed by atoms with van der Waals surface area (Å²) in [6.07, 6.45) is 0.792. The van der Waals surface area contributed by atoms with Crippen molar-refractivity contribution in [2.75, 3.05) is 7.11 Å². The molecule has 2 aromatic rings. The van der Waals surface area contributed by atoms with Crippen molar-refractivity contribution in [3.05, 3.63) is 58.7 Å². The van der Waals surface area contributed by atoms with Crippen LogP contribution in [0.5, 0.6) is 11.5 Å². The van der Waals surface area contributed by atoms with Crippen LogP contribution in [0, 0.1) is 13.8 Å². The number of nitrogens with two attached hydrogens (primary N) is 1. The van der Waals surface area contributed by atoms with E-state index in [1.807, 2.05) is 18.2 Å². The fourth-order valence-electron chi connectivity index (χ4n) is 3.01. The number of hydrogen-bond donors (Lipinski definition) is 1. The molecule has 1 aliphatic rings. The van der Waals surface area contributed by atoms with E-state index >= 15 is 0 Å². The van der Waals surface area contributed by atoms with Crippen LogP contribution in [0.4, 0.5) is 0 Å². The van der Waals surface area contributed by atoms with Crippen LogP contribution in [0.2, 0.25) is 0 Å². The maximum Gasteiger partial charge on any atom is 0.128 e. The second kappa shape index (κ2) is 5.41. The predicted molar refractivity (Wildman–Crippen MR) is 83.8 cm³/mol. The van der Waals surface area contributed by atoms with Crippen LogP contribution in [-0.4, -0.2) is 7.11 Å². The lowest BCUT2D eigenvalue weighted by Gasteiger charge is -2.31. The Morgan fingerprint density at radius 3 is 2.48 bits per heavy atom. The van der Waals surface area contributed by atoms with Crippen molar-refractivity contribution in [1.29, 1.82) is 0 Å². The first-order chi connectivity index (χ1) is 10.1. The molecule has 0 radical (unpaired) electrons. The maximum atomic E-state index is 6.32. The summed E-state index contributed by atoms with van der Waals surface area (Å²) >= 11 is 0. The van der Waals surface area contributed by atoms with E-state index in [1.165, 1.54) is 16.7 Å². The molecule has 3 nitrogen and oxygen atoms in total. The molecule has 2 atom stereocenters. The largest absolute Gasteiger partial charge is 0.497 e. The molecular weight excluding hydrogens is 262 g/mol. The first-order valence-electron chi connectivity index (χ1n) is 7.25. The quantitative estimate of drug-likeness (QED) is 0.911. The van der Waals surface area contributed by atoms with Crippen LogP contribution >= 0.6 is 0 Å². The molecule has 2 N–H and O–H groups in total. The summed E-state index contributed by atoms with van der Waals surface area (Å²) in [6.45, 7) is 4.21. The minimum atomic E-state index is -0.00882. The average Bonchev–Trinajstić information content (AvgIpc) is 2.45. The van der Waals surface area contributed by atoms with E-state index in [-0.39, 0.29) is 12.1 Å². The zero-order valence-corrected chi connectivity index (χ0v) is 12.7. The van der Waals surface area contributed by atoms with Crippen molar-refractivity contribution in [2.45, 2.75) is 32.4 Å². The van der Waals surface area contributed by atoms with Gasteiger partial charge in [0.25, 0.3) is 0 Å². The topological polar surface area (TPSA) is 44.5 Å². The monoisotopic (exact) mass is 283 g/mol. The molecule has 2 unspecified atom stereocenters. The first kappa shape index (κ1) is 14.0. The van der Waals surface area contributed by atoms with Gasteiger partial charge in [-0.1, -0.05) is 35.4 Å². The summed E-state index contributed by atoms with van der Waals surface area (Å²) in [5.74, 6) is 1.62. The average molecular weight is 283 g/mol. The molecule has 1 heterocycles. The van der Waals surface area contributed by atoms with E-state index in [2.05, 4.69) is 32.0 Å². The van der Waals surface area contributed by atoms with E-state index in [1.54, 1.807) is 7.11 Å². The Bertz CT molecular complexity index is 646. The number of ether oxygens (including phenoxy) is 2. The van der Waals surface area contributed by atoms with E-state index in [4.69, 9.17) is 15.2 Å². The summed E-state index contributed by atoms with van der Waals surface area (Å²) in [6, 6.07) is 12.4. The fraction of sp³-hybridized carbons (Fsp3) is 0.333. The molecule has 0 saturated heterocycles. The SMILES string of the molecule is COc1ccc2c(c1)OC(c1cc(C)cc(C)c1)CC2N. The zero-order valence-electron chi connectivity index (χ0n) is 12.7. The molecule has 0 amide bonds.